The van der Waals surface area contributed by atoms with Gasteiger partial charge in [-0.15, -0.1) is 0 Å². The normalized spacial score (nSPS) is 16.1. The maximum Gasteiger partial charge on any atom is 0.255 e. The number of amides is 1. The summed E-state index contributed by atoms with van der Waals surface area (Å²) in [4.78, 5) is 18.8. The molecule has 1 aromatic heterocycles. The van der Waals surface area contributed by atoms with Crippen molar-refractivity contribution in [1.82, 2.24) is 15.2 Å². The molecule has 1 aromatic rings. The van der Waals surface area contributed by atoms with Crippen LogP contribution in [0.3, 0.4) is 0 Å². The van der Waals surface area contributed by atoms with E-state index in [4.69, 9.17) is 0 Å². The number of nitrogens with one attached hydrogen (secondary N) is 1. The molecule has 0 saturated carbocycles. The number of hydrogen-bond acceptors (Lipinski definition) is 3. The van der Waals surface area contributed by atoms with Crippen molar-refractivity contribution in [1.29, 1.82) is 0 Å². The van der Waals surface area contributed by atoms with E-state index in [1.807, 2.05) is 24.0 Å². The standard InChI is InChI=1S/C14H21N3O/c1-10(2)13-5-4-12(11(3)16-13)14(18)17-8-6-15-7-9-17/h4-5,10,15H,6-9H2,1-3H3. The number of aryl methyl sites for hydroxylation is 1. The van der Waals surface area contributed by atoms with Crippen LogP contribution in [0.15, 0.2) is 12.1 Å². The molecule has 1 N–H and O–H groups in total. The monoisotopic (exact) mass is 247 g/mol. The molecule has 4 nitrogen and oxygen atoms in total. The highest BCUT2D eigenvalue weighted by atomic mass is 16.2. The molecule has 0 aromatic carbocycles. The van der Waals surface area contributed by atoms with E-state index in [2.05, 4.69) is 24.1 Å². The van der Waals surface area contributed by atoms with Crippen LogP contribution in [-0.2, 0) is 0 Å². The first kappa shape index (κ1) is 13.0. The van der Waals surface area contributed by atoms with Gasteiger partial charge in [0.1, 0.15) is 0 Å². The van der Waals surface area contributed by atoms with Crippen LogP contribution in [0.2, 0.25) is 0 Å². The minimum Gasteiger partial charge on any atom is -0.336 e. The van der Waals surface area contributed by atoms with E-state index in [0.29, 0.717) is 5.92 Å². The fraction of sp³-hybridized carbons (Fsp3) is 0.571. The molecule has 1 aliphatic heterocycles. The van der Waals surface area contributed by atoms with Crippen LogP contribution in [0.4, 0.5) is 0 Å². The number of aromatic nitrogens is 1. The van der Waals surface area contributed by atoms with E-state index >= 15 is 0 Å². The first-order valence-corrected chi connectivity index (χ1v) is 6.57. The van der Waals surface area contributed by atoms with Gasteiger partial charge in [0.05, 0.1) is 11.3 Å². The first-order chi connectivity index (χ1) is 8.59. The van der Waals surface area contributed by atoms with E-state index in [1.165, 1.54) is 0 Å². The number of rotatable bonds is 2. The minimum atomic E-state index is 0.108. The molecule has 0 bridgehead atoms. The quantitative estimate of drug-likeness (QED) is 0.862. The van der Waals surface area contributed by atoms with Gasteiger partial charge in [-0.1, -0.05) is 13.8 Å². The van der Waals surface area contributed by atoms with Crippen molar-refractivity contribution in [2.45, 2.75) is 26.7 Å². The fourth-order valence-corrected chi connectivity index (χ4v) is 2.17. The van der Waals surface area contributed by atoms with E-state index in [9.17, 15) is 4.79 Å². The fourth-order valence-electron chi connectivity index (χ4n) is 2.17. The number of hydrogen-bond donors (Lipinski definition) is 1. The summed E-state index contributed by atoms with van der Waals surface area (Å²) in [5.41, 5.74) is 2.62. The van der Waals surface area contributed by atoms with Gasteiger partial charge in [-0.3, -0.25) is 9.78 Å². The van der Waals surface area contributed by atoms with E-state index < -0.39 is 0 Å². The van der Waals surface area contributed by atoms with Crippen LogP contribution in [0.1, 0.15) is 41.5 Å². The van der Waals surface area contributed by atoms with Gasteiger partial charge < -0.3 is 10.2 Å². The SMILES string of the molecule is Cc1nc(C(C)C)ccc1C(=O)N1CCNCC1. The largest absolute Gasteiger partial charge is 0.336 e. The summed E-state index contributed by atoms with van der Waals surface area (Å²) in [6.45, 7) is 9.46. The lowest BCUT2D eigenvalue weighted by Gasteiger charge is -2.28. The zero-order valence-corrected chi connectivity index (χ0v) is 11.4. The molecule has 1 aliphatic rings. The Morgan fingerprint density at radius 2 is 2.00 bits per heavy atom. The van der Waals surface area contributed by atoms with Crippen molar-refractivity contribution in [2.24, 2.45) is 0 Å². The summed E-state index contributed by atoms with van der Waals surface area (Å²) in [5, 5.41) is 3.25. The predicted octanol–water partition coefficient (Wildman–Crippen LogP) is 1.56. The second-order valence-corrected chi connectivity index (χ2v) is 5.07. The van der Waals surface area contributed by atoms with Gasteiger partial charge in [-0.05, 0) is 25.0 Å². The lowest BCUT2D eigenvalue weighted by atomic mass is 10.1. The van der Waals surface area contributed by atoms with Crippen molar-refractivity contribution in [2.75, 3.05) is 26.2 Å². The number of pyridine rings is 1. The Balaban J connectivity index is 2.19. The van der Waals surface area contributed by atoms with E-state index in [1.54, 1.807) is 0 Å². The van der Waals surface area contributed by atoms with E-state index in [0.717, 1.165) is 43.1 Å². The molecule has 0 unspecified atom stereocenters. The Bertz CT molecular complexity index is 437. The first-order valence-electron chi connectivity index (χ1n) is 6.57. The maximum absolute atomic E-state index is 12.4. The number of nitrogens with zero attached hydrogens (tertiary/aromatic N) is 2. The third-order valence-corrected chi connectivity index (χ3v) is 3.33. The number of carbonyl (C=O) groups is 1. The second kappa shape index (κ2) is 5.48. The van der Waals surface area contributed by atoms with Crippen LogP contribution in [-0.4, -0.2) is 42.0 Å². The van der Waals surface area contributed by atoms with Gasteiger partial charge >= 0.3 is 0 Å². The molecule has 0 spiro atoms. The van der Waals surface area contributed by atoms with Crippen molar-refractivity contribution < 1.29 is 4.79 Å². The molecule has 4 heteroatoms. The molecule has 1 amide bonds. The average Bonchev–Trinajstić information content (AvgIpc) is 2.38. The minimum absolute atomic E-state index is 0.108. The zero-order valence-electron chi connectivity index (χ0n) is 11.4. The van der Waals surface area contributed by atoms with Crippen LogP contribution in [0.5, 0.6) is 0 Å². The van der Waals surface area contributed by atoms with Crippen molar-refractivity contribution in [3.8, 4) is 0 Å². The summed E-state index contributed by atoms with van der Waals surface area (Å²) in [5.74, 6) is 0.504. The molecular weight excluding hydrogens is 226 g/mol. The van der Waals surface area contributed by atoms with Crippen molar-refractivity contribution in [3.05, 3.63) is 29.1 Å². The lowest BCUT2D eigenvalue weighted by Crippen LogP contribution is -2.46. The molecule has 2 heterocycles. The van der Waals surface area contributed by atoms with Gasteiger partial charge in [0, 0.05) is 31.9 Å². The van der Waals surface area contributed by atoms with Gasteiger partial charge in [-0.25, -0.2) is 0 Å². The molecule has 2 rings (SSSR count). The molecule has 1 saturated heterocycles. The summed E-state index contributed by atoms with van der Waals surface area (Å²) in [7, 11) is 0. The van der Waals surface area contributed by atoms with Gasteiger partial charge in [0.15, 0.2) is 0 Å². The Labute approximate surface area is 108 Å². The Hall–Kier alpha value is -1.42. The Morgan fingerprint density at radius 3 is 2.56 bits per heavy atom. The Morgan fingerprint density at radius 1 is 1.33 bits per heavy atom. The molecule has 18 heavy (non-hydrogen) atoms. The average molecular weight is 247 g/mol. The number of piperazine rings is 1. The number of carbonyl (C=O) groups excluding carboxylic acids is 1. The van der Waals surface area contributed by atoms with Crippen LogP contribution >= 0.6 is 0 Å². The second-order valence-electron chi connectivity index (χ2n) is 5.07. The summed E-state index contributed by atoms with van der Waals surface area (Å²) >= 11 is 0. The smallest absolute Gasteiger partial charge is 0.255 e. The molecule has 0 atom stereocenters. The highest BCUT2D eigenvalue weighted by Gasteiger charge is 2.20. The highest BCUT2D eigenvalue weighted by Crippen LogP contribution is 2.16. The molecule has 0 radical (unpaired) electrons. The van der Waals surface area contributed by atoms with Crippen molar-refractivity contribution in [3.63, 3.8) is 0 Å². The summed E-state index contributed by atoms with van der Waals surface area (Å²) in [6.07, 6.45) is 0. The van der Waals surface area contributed by atoms with Gasteiger partial charge in [0.2, 0.25) is 0 Å². The topological polar surface area (TPSA) is 45.2 Å². The molecule has 98 valence electrons. The van der Waals surface area contributed by atoms with Crippen LogP contribution in [0, 0.1) is 6.92 Å². The summed E-state index contributed by atoms with van der Waals surface area (Å²) < 4.78 is 0. The zero-order chi connectivity index (χ0) is 13.1. The maximum atomic E-state index is 12.4. The highest BCUT2D eigenvalue weighted by molar-refractivity contribution is 5.95. The van der Waals surface area contributed by atoms with Gasteiger partial charge in [-0.2, -0.15) is 0 Å². The van der Waals surface area contributed by atoms with Gasteiger partial charge in [0.25, 0.3) is 5.91 Å². The molecule has 1 fully saturated rings. The third kappa shape index (κ3) is 2.70. The lowest BCUT2D eigenvalue weighted by molar-refractivity contribution is 0.0734. The van der Waals surface area contributed by atoms with E-state index in [-0.39, 0.29) is 5.91 Å². The third-order valence-electron chi connectivity index (χ3n) is 3.33. The summed E-state index contributed by atoms with van der Waals surface area (Å²) in [6, 6.07) is 3.88. The predicted molar refractivity (Wildman–Crippen MR) is 71.8 cm³/mol. The van der Waals surface area contributed by atoms with Crippen LogP contribution < -0.4 is 5.32 Å². The Kier molecular flexibility index (Phi) is 3.97. The van der Waals surface area contributed by atoms with Crippen LogP contribution in [0.25, 0.3) is 0 Å². The molecular formula is C14H21N3O. The molecule has 0 aliphatic carbocycles. The van der Waals surface area contributed by atoms with Crippen molar-refractivity contribution >= 4 is 5.91 Å².